The molecule has 0 atom stereocenters. The molecule has 16 heavy (non-hydrogen) atoms. The van der Waals surface area contributed by atoms with Gasteiger partial charge in [0.1, 0.15) is 5.75 Å². The number of hydrogen-bond acceptors (Lipinski definition) is 4. The molecule has 88 valence electrons. The molecule has 0 aliphatic carbocycles. The predicted octanol–water partition coefficient (Wildman–Crippen LogP) is 1.85. The Hall–Kier alpha value is -1.07. The molecule has 1 rings (SSSR count). The molecule has 2 N–H and O–H groups in total. The van der Waals surface area contributed by atoms with Crippen molar-refractivity contribution in [1.29, 1.82) is 0 Å². The van der Waals surface area contributed by atoms with Crippen LogP contribution in [0.4, 0.5) is 0 Å². The zero-order valence-corrected chi connectivity index (χ0v) is 10.6. The summed E-state index contributed by atoms with van der Waals surface area (Å²) in [7, 11) is 0. The molecule has 0 aliphatic rings. The van der Waals surface area contributed by atoms with Crippen molar-refractivity contribution in [3.63, 3.8) is 0 Å². The molecular weight excluding hydrogens is 274 g/mol. The van der Waals surface area contributed by atoms with Crippen LogP contribution in [0.5, 0.6) is 5.75 Å². The summed E-state index contributed by atoms with van der Waals surface area (Å²) in [6.45, 7) is 2.35. The number of benzene rings is 1. The second kappa shape index (κ2) is 6.50. The minimum atomic E-state index is -0.388. The molecule has 0 radical (unpaired) electrons. The van der Waals surface area contributed by atoms with Gasteiger partial charge in [-0.3, -0.25) is 0 Å². The summed E-state index contributed by atoms with van der Waals surface area (Å²) in [5.74, 6) is 0.208. The van der Waals surface area contributed by atoms with Gasteiger partial charge in [0.25, 0.3) is 0 Å². The molecule has 0 bridgehead atoms. The van der Waals surface area contributed by atoms with Crippen LogP contribution in [0.2, 0.25) is 0 Å². The quantitative estimate of drug-likeness (QED) is 0.840. The highest BCUT2D eigenvalue weighted by molar-refractivity contribution is 9.10. The van der Waals surface area contributed by atoms with Crippen molar-refractivity contribution >= 4 is 21.9 Å². The Kier molecular flexibility index (Phi) is 5.28. The van der Waals surface area contributed by atoms with Crippen LogP contribution >= 0.6 is 15.9 Å². The van der Waals surface area contributed by atoms with Gasteiger partial charge in [-0.05, 0) is 28.9 Å². The van der Waals surface area contributed by atoms with Crippen LogP contribution < -0.4 is 10.5 Å². The summed E-state index contributed by atoms with van der Waals surface area (Å²) >= 11 is 3.34. The Morgan fingerprint density at radius 1 is 1.50 bits per heavy atom. The van der Waals surface area contributed by atoms with E-state index in [1.807, 2.05) is 18.2 Å². The van der Waals surface area contributed by atoms with Gasteiger partial charge in [-0.15, -0.1) is 0 Å². The number of halogens is 1. The molecule has 0 saturated carbocycles. The molecule has 0 spiro atoms. The van der Waals surface area contributed by atoms with Gasteiger partial charge in [-0.25, -0.2) is 4.79 Å². The van der Waals surface area contributed by atoms with Gasteiger partial charge in [0.2, 0.25) is 0 Å². The van der Waals surface area contributed by atoms with Crippen molar-refractivity contribution in [2.24, 2.45) is 5.73 Å². The minimum Gasteiger partial charge on any atom is -0.480 e. The van der Waals surface area contributed by atoms with Crippen LogP contribution in [0.3, 0.4) is 0 Å². The van der Waals surface area contributed by atoms with E-state index in [0.29, 0.717) is 18.9 Å². The molecule has 0 aromatic heterocycles. The fourth-order valence-corrected chi connectivity index (χ4v) is 1.73. The van der Waals surface area contributed by atoms with E-state index in [0.717, 1.165) is 10.0 Å². The Morgan fingerprint density at radius 2 is 2.25 bits per heavy atom. The first-order valence-electron chi connectivity index (χ1n) is 4.95. The Bertz CT molecular complexity index is 368. The highest BCUT2D eigenvalue weighted by atomic mass is 79.9. The minimum absolute atomic E-state index is 0.108. The van der Waals surface area contributed by atoms with E-state index >= 15 is 0 Å². The lowest BCUT2D eigenvalue weighted by Crippen LogP contribution is -2.15. The van der Waals surface area contributed by atoms with Crippen molar-refractivity contribution in [2.45, 2.75) is 13.5 Å². The van der Waals surface area contributed by atoms with Crippen molar-refractivity contribution < 1.29 is 14.3 Å². The van der Waals surface area contributed by atoms with Gasteiger partial charge < -0.3 is 15.2 Å². The molecule has 0 fully saturated rings. The van der Waals surface area contributed by atoms with Crippen LogP contribution in [0.15, 0.2) is 22.7 Å². The van der Waals surface area contributed by atoms with Crippen LogP contribution in [0.25, 0.3) is 0 Å². The first-order valence-corrected chi connectivity index (χ1v) is 5.74. The Labute approximate surface area is 103 Å². The van der Waals surface area contributed by atoms with Crippen LogP contribution in [-0.2, 0) is 16.1 Å². The van der Waals surface area contributed by atoms with Gasteiger partial charge in [0, 0.05) is 12.1 Å². The lowest BCUT2D eigenvalue weighted by atomic mass is 10.2. The second-order valence-corrected chi connectivity index (χ2v) is 3.88. The third-order valence-corrected chi connectivity index (χ3v) is 2.53. The van der Waals surface area contributed by atoms with Crippen LogP contribution in [-0.4, -0.2) is 19.2 Å². The number of para-hydroxylation sites is 1. The number of ether oxygens (including phenoxy) is 2. The van der Waals surface area contributed by atoms with E-state index in [1.165, 1.54) is 0 Å². The van der Waals surface area contributed by atoms with Gasteiger partial charge in [0.05, 0.1) is 11.1 Å². The number of nitrogens with two attached hydrogens (primary N) is 1. The third kappa shape index (κ3) is 3.50. The number of hydrogen-bond donors (Lipinski definition) is 1. The van der Waals surface area contributed by atoms with Crippen molar-refractivity contribution in [3.05, 3.63) is 28.2 Å². The van der Waals surface area contributed by atoms with Crippen molar-refractivity contribution in [1.82, 2.24) is 0 Å². The average molecular weight is 288 g/mol. The molecule has 1 aromatic carbocycles. The maximum atomic E-state index is 11.1. The molecule has 1 aromatic rings. The molecule has 4 nitrogen and oxygen atoms in total. The lowest BCUT2D eigenvalue weighted by Gasteiger charge is -2.11. The van der Waals surface area contributed by atoms with Gasteiger partial charge in [0.15, 0.2) is 6.61 Å². The topological polar surface area (TPSA) is 61.5 Å². The number of carbonyl (C=O) groups excluding carboxylic acids is 1. The molecular formula is C11H14BrNO3. The lowest BCUT2D eigenvalue weighted by molar-refractivity contribution is -0.145. The summed E-state index contributed by atoms with van der Waals surface area (Å²) in [6, 6.07) is 5.55. The smallest absolute Gasteiger partial charge is 0.344 e. The van der Waals surface area contributed by atoms with E-state index < -0.39 is 0 Å². The van der Waals surface area contributed by atoms with Gasteiger partial charge >= 0.3 is 5.97 Å². The van der Waals surface area contributed by atoms with E-state index in [9.17, 15) is 4.79 Å². The molecule has 0 saturated heterocycles. The maximum absolute atomic E-state index is 11.1. The number of rotatable bonds is 5. The monoisotopic (exact) mass is 287 g/mol. The fraction of sp³-hybridized carbons (Fsp3) is 0.364. The molecule has 0 aliphatic heterocycles. The molecule has 0 amide bonds. The Morgan fingerprint density at radius 3 is 2.88 bits per heavy atom. The molecule has 0 unspecified atom stereocenters. The highest BCUT2D eigenvalue weighted by Crippen LogP contribution is 2.28. The number of carbonyl (C=O) groups is 1. The zero-order valence-electron chi connectivity index (χ0n) is 9.03. The largest absolute Gasteiger partial charge is 0.480 e. The third-order valence-electron chi connectivity index (χ3n) is 1.91. The summed E-state index contributed by atoms with van der Waals surface area (Å²) < 4.78 is 10.9. The summed E-state index contributed by atoms with van der Waals surface area (Å²) in [6.07, 6.45) is 0. The average Bonchev–Trinajstić information content (AvgIpc) is 2.27. The van der Waals surface area contributed by atoms with Crippen molar-refractivity contribution in [3.8, 4) is 5.75 Å². The maximum Gasteiger partial charge on any atom is 0.344 e. The summed E-state index contributed by atoms with van der Waals surface area (Å²) in [4.78, 5) is 11.1. The van der Waals surface area contributed by atoms with E-state index in [1.54, 1.807) is 6.92 Å². The zero-order chi connectivity index (χ0) is 12.0. The van der Waals surface area contributed by atoms with Crippen LogP contribution in [0.1, 0.15) is 12.5 Å². The summed E-state index contributed by atoms with van der Waals surface area (Å²) in [5, 5.41) is 0. The second-order valence-electron chi connectivity index (χ2n) is 3.03. The van der Waals surface area contributed by atoms with Gasteiger partial charge in [-0.2, -0.15) is 0 Å². The van der Waals surface area contributed by atoms with Crippen LogP contribution in [0, 0.1) is 0 Å². The molecule has 5 heteroatoms. The predicted molar refractivity (Wildman–Crippen MR) is 64.2 cm³/mol. The first kappa shape index (κ1) is 13.0. The van der Waals surface area contributed by atoms with E-state index in [-0.39, 0.29) is 12.6 Å². The molecule has 0 heterocycles. The fourth-order valence-electron chi connectivity index (χ4n) is 1.21. The normalized spacial score (nSPS) is 9.94. The SMILES string of the molecule is CCOC(=O)COc1c(Br)cccc1CN. The standard InChI is InChI=1S/C11H14BrNO3/c1-2-15-10(14)7-16-11-8(6-13)4-3-5-9(11)12/h3-5H,2,6-7,13H2,1H3. The van der Waals surface area contributed by atoms with E-state index in [4.69, 9.17) is 15.2 Å². The van der Waals surface area contributed by atoms with E-state index in [2.05, 4.69) is 15.9 Å². The Balaban J connectivity index is 2.69. The number of esters is 1. The summed E-state index contributed by atoms with van der Waals surface area (Å²) in [5.41, 5.74) is 6.41. The first-order chi connectivity index (χ1) is 7.69. The van der Waals surface area contributed by atoms with Crippen molar-refractivity contribution in [2.75, 3.05) is 13.2 Å². The van der Waals surface area contributed by atoms with Gasteiger partial charge in [-0.1, -0.05) is 12.1 Å². The highest BCUT2D eigenvalue weighted by Gasteiger charge is 2.09.